The number of para-hydroxylation sites is 1. The molecule has 2 aromatic rings. The lowest BCUT2D eigenvalue weighted by Gasteiger charge is -2.13. The number of benzene rings is 1. The van der Waals surface area contributed by atoms with Crippen LogP contribution in [0, 0.1) is 0 Å². The Kier molecular flexibility index (Phi) is 2.33. The largest absolute Gasteiger partial charge is 0.479 e. The van der Waals surface area contributed by atoms with Crippen LogP contribution in [-0.4, -0.2) is 15.0 Å². The second kappa shape index (κ2) is 3.85. The molecule has 0 amide bonds. The lowest BCUT2D eigenvalue weighted by Crippen LogP contribution is -2.21. The second-order valence-electron chi connectivity index (χ2n) is 3.76. The van der Waals surface area contributed by atoms with E-state index in [0.29, 0.717) is 0 Å². The number of aliphatic carboxylic acids is 1. The van der Waals surface area contributed by atoms with Gasteiger partial charge in [0.15, 0.2) is 6.04 Å². The first-order valence-electron chi connectivity index (χ1n) is 5.19. The highest BCUT2D eigenvalue weighted by Gasteiger charge is 2.26. The molecule has 5 heteroatoms. The summed E-state index contributed by atoms with van der Waals surface area (Å²) in [7, 11) is 0. The van der Waals surface area contributed by atoms with Crippen molar-refractivity contribution in [2.75, 3.05) is 5.32 Å². The molecule has 0 saturated carbocycles. The van der Waals surface area contributed by atoms with Crippen LogP contribution in [0.2, 0.25) is 0 Å². The van der Waals surface area contributed by atoms with Crippen LogP contribution >= 0.6 is 11.9 Å². The van der Waals surface area contributed by atoms with Crippen LogP contribution in [0.1, 0.15) is 11.7 Å². The maximum absolute atomic E-state index is 11.3. The molecule has 0 saturated heterocycles. The quantitative estimate of drug-likeness (QED) is 0.812. The minimum Gasteiger partial charge on any atom is -0.479 e. The second-order valence-corrected chi connectivity index (χ2v) is 4.78. The lowest BCUT2D eigenvalue weighted by molar-refractivity contribution is -0.138. The Bertz CT molecular complexity index is 579. The summed E-state index contributed by atoms with van der Waals surface area (Å²) in [6.45, 7) is 0. The smallest absolute Gasteiger partial charge is 0.332 e. The van der Waals surface area contributed by atoms with Gasteiger partial charge >= 0.3 is 5.97 Å². The Morgan fingerprint density at radius 1 is 1.29 bits per heavy atom. The number of rotatable bonds is 1. The average Bonchev–Trinajstić information content (AvgIpc) is 2.69. The topological polar surface area (TPSA) is 54.3 Å². The molecule has 86 valence electrons. The number of carbonyl (C=O) groups is 1. The zero-order valence-electron chi connectivity index (χ0n) is 8.83. The summed E-state index contributed by atoms with van der Waals surface area (Å²) >= 11 is 1.52. The molecule has 4 nitrogen and oxygen atoms in total. The SMILES string of the molecule is O=C(O)C1Nc2ccccc2Sn2cccc21. The van der Waals surface area contributed by atoms with Gasteiger partial charge in [-0.3, -0.25) is 3.97 Å². The molecule has 0 radical (unpaired) electrons. The number of hydrogen-bond acceptors (Lipinski definition) is 3. The van der Waals surface area contributed by atoms with Crippen LogP contribution in [0.5, 0.6) is 0 Å². The van der Waals surface area contributed by atoms with Crippen molar-refractivity contribution in [3.8, 4) is 0 Å². The van der Waals surface area contributed by atoms with Crippen LogP contribution < -0.4 is 5.32 Å². The Hall–Kier alpha value is -1.88. The molecule has 0 aliphatic carbocycles. The number of nitrogens with one attached hydrogen (secondary N) is 1. The zero-order chi connectivity index (χ0) is 11.8. The van der Waals surface area contributed by atoms with E-state index in [-0.39, 0.29) is 0 Å². The molecule has 1 unspecified atom stereocenters. The van der Waals surface area contributed by atoms with Gasteiger partial charge < -0.3 is 10.4 Å². The van der Waals surface area contributed by atoms with Crippen molar-refractivity contribution in [3.05, 3.63) is 48.3 Å². The first kappa shape index (κ1) is 10.3. The normalized spacial score (nSPS) is 17.5. The number of hydrogen-bond donors (Lipinski definition) is 2. The van der Waals surface area contributed by atoms with E-state index in [1.807, 2.05) is 46.6 Å². The summed E-state index contributed by atoms with van der Waals surface area (Å²) in [6.07, 6.45) is 1.87. The standard InChI is InChI=1S/C12H10N2O2S/c15-12(16)11-9-5-3-7-14(9)17-10-6-2-1-4-8(10)13-11/h1-7,11,13H,(H,15,16). The fourth-order valence-electron chi connectivity index (χ4n) is 1.88. The van der Waals surface area contributed by atoms with Crippen LogP contribution in [0.25, 0.3) is 0 Å². The van der Waals surface area contributed by atoms with Crippen molar-refractivity contribution in [2.24, 2.45) is 0 Å². The molecule has 0 bridgehead atoms. The van der Waals surface area contributed by atoms with E-state index in [9.17, 15) is 9.90 Å². The molecule has 17 heavy (non-hydrogen) atoms. The van der Waals surface area contributed by atoms with Gasteiger partial charge in [-0.2, -0.15) is 0 Å². The first-order chi connectivity index (χ1) is 8.25. The maximum atomic E-state index is 11.3. The molecule has 1 atom stereocenters. The fraction of sp³-hybridized carbons (Fsp3) is 0.0833. The van der Waals surface area contributed by atoms with Crippen LogP contribution in [0.15, 0.2) is 47.5 Å². The summed E-state index contributed by atoms with van der Waals surface area (Å²) in [5.41, 5.74) is 1.60. The van der Waals surface area contributed by atoms with Gasteiger partial charge in [0.25, 0.3) is 0 Å². The van der Waals surface area contributed by atoms with Crippen LogP contribution in [0.3, 0.4) is 0 Å². The van der Waals surface area contributed by atoms with Gasteiger partial charge in [-0.1, -0.05) is 12.1 Å². The number of nitrogens with zero attached hydrogens (tertiary/aromatic N) is 1. The lowest BCUT2D eigenvalue weighted by atomic mass is 10.2. The van der Waals surface area contributed by atoms with Gasteiger partial charge in [-0.05, 0) is 36.2 Å². The maximum Gasteiger partial charge on any atom is 0.332 e. The van der Waals surface area contributed by atoms with E-state index in [2.05, 4.69) is 5.32 Å². The summed E-state index contributed by atoms with van der Waals surface area (Å²) in [4.78, 5) is 12.3. The summed E-state index contributed by atoms with van der Waals surface area (Å²) in [5, 5.41) is 12.3. The summed E-state index contributed by atoms with van der Waals surface area (Å²) in [6, 6.07) is 10.7. The van der Waals surface area contributed by atoms with Gasteiger partial charge in [0, 0.05) is 6.20 Å². The number of carboxylic acids is 1. The van der Waals surface area contributed by atoms with Gasteiger partial charge in [0.1, 0.15) is 0 Å². The van der Waals surface area contributed by atoms with Crippen molar-refractivity contribution in [2.45, 2.75) is 10.9 Å². The van der Waals surface area contributed by atoms with E-state index in [1.54, 1.807) is 0 Å². The third-order valence-corrected chi connectivity index (χ3v) is 3.75. The summed E-state index contributed by atoms with van der Waals surface area (Å²) < 4.78 is 1.89. The number of carboxylic acid groups (broad SMARTS) is 1. The molecule has 3 rings (SSSR count). The Morgan fingerprint density at radius 3 is 2.94 bits per heavy atom. The predicted molar refractivity (Wildman–Crippen MR) is 66.1 cm³/mol. The Balaban J connectivity index is 2.15. The Labute approximate surface area is 102 Å². The molecule has 1 aromatic heterocycles. The molecule has 0 spiro atoms. The van der Waals surface area contributed by atoms with Gasteiger partial charge in [-0.25, -0.2) is 4.79 Å². The Morgan fingerprint density at radius 2 is 2.12 bits per heavy atom. The number of anilines is 1. The van der Waals surface area contributed by atoms with Crippen LogP contribution in [-0.2, 0) is 4.79 Å². The first-order valence-corrected chi connectivity index (χ1v) is 5.97. The van der Waals surface area contributed by atoms with E-state index in [0.717, 1.165) is 16.3 Å². The van der Waals surface area contributed by atoms with Gasteiger partial charge in [0.05, 0.1) is 16.3 Å². The molecular weight excluding hydrogens is 236 g/mol. The molecule has 0 fully saturated rings. The molecular formula is C12H10N2O2S. The van der Waals surface area contributed by atoms with Crippen molar-refractivity contribution >= 4 is 23.6 Å². The highest BCUT2D eigenvalue weighted by atomic mass is 32.2. The van der Waals surface area contributed by atoms with Crippen molar-refractivity contribution < 1.29 is 9.90 Å². The van der Waals surface area contributed by atoms with Gasteiger partial charge in [-0.15, -0.1) is 0 Å². The van der Waals surface area contributed by atoms with Gasteiger partial charge in [0.2, 0.25) is 0 Å². The molecule has 2 heterocycles. The molecule has 1 aliphatic heterocycles. The van der Waals surface area contributed by atoms with Crippen molar-refractivity contribution in [3.63, 3.8) is 0 Å². The van der Waals surface area contributed by atoms with E-state index in [1.165, 1.54) is 11.9 Å². The third kappa shape index (κ3) is 1.68. The third-order valence-electron chi connectivity index (χ3n) is 2.67. The minimum absolute atomic E-state index is 0.707. The summed E-state index contributed by atoms with van der Waals surface area (Å²) in [5.74, 6) is -0.873. The number of fused-ring (bicyclic) bond motifs is 2. The molecule has 1 aliphatic rings. The highest BCUT2D eigenvalue weighted by Crippen LogP contribution is 2.36. The molecule has 1 aromatic carbocycles. The van der Waals surface area contributed by atoms with E-state index >= 15 is 0 Å². The van der Waals surface area contributed by atoms with Crippen molar-refractivity contribution in [1.82, 2.24) is 3.97 Å². The average molecular weight is 246 g/mol. The highest BCUT2D eigenvalue weighted by molar-refractivity contribution is 7.98. The number of aromatic nitrogens is 1. The predicted octanol–water partition coefficient (Wildman–Crippen LogP) is 2.59. The minimum atomic E-state index is -0.873. The van der Waals surface area contributed by atoms with E-state index in [4.69, 9.17) is 0 Å². The fourth-order valence-corrected chi connectivity index (χ4v) is 2.85. The monoisotopic (exact) mass is 246 g/mol. The van der Waals surface area contributed by atoms with Crippen molar-refractivity contribution in [1.29, 1.82) is 0 Å². The molecule has 2 N–H and O–H groups in total. The zero-order valence-corrected chi connectivity index (χ0v) is 9.65. The van der Waals surface area contributed by atoms with Crippen LogP contribution in [0.4, 0.5) is 5.69 Å². The van der Waals surface area contributed by atoms with E-state index < -0.39 is 12.0 Å².